The van der Waals surface area contributed by atoms with Crippen LogP contribution in [0.4, 0.5) is 0 Å². The van der Waals surface area contributed by atoms with E-state index >= 15 is 0 Å². The third-order valence-electron chi connectivity index (χ3n) is 2.01. The van der Waals surface area contributed by atoms with Gasteiger partial charge in [0, 0.05) is 29.6 Å². The molecule has 2 aromatic heterocycles. The van der Waals surface area contributed by atoms with Gasteiger partial charge in [0.15, 0.2) is 0 Å². The van der Waals surface area contributed by atoms with Crippen molar-refractivity contribution >= 4 is 21.8 Å². The summed E-state index contributed by atoms with van der Waals surface area (Å²) in [4.78, 5) is 17.4. The largest absolute Gasteiger partial charge is 0.367 e. The van der Waals surface area contributed by atoms with Crippen LogP contribution in [0.25, 0.3) is 0 Å². The molecule has 0 aromatic carbocycles. The van der Waals surface area contributed by atoms with Crippen molar-refractivity contribution in [3.63, 3.8) is 0 Å². The van der Waals surface area contributed by atoms with E-state index in [1.807, 2.05) is 18.5 Å². The van der Waals surface area contributed by atoms with Crippen LogP contribution in [0.3, 0.4) is 0 Å². The normalized spacial score (nSPS) is 10.2. The molecule has 0 radical (unpaired) electrons. The zero-order valence-electron chi connectivity index (χ0n) is 7.88. The number of carbonyl (C=O) groups excluding carboxylic acids is 1. The molecule has 0 aliphatic rings. The molecule has 0 spiro atoms. The SMILES string of the molecule is O=C(NCc1cc[nH]c1)c1cc(Br)c[nH]1. The van der Waals surface area contributed by atoms with Gasteiger partial charge in [0.25, 0.3) is 5.91 Å². The molecule has 78 valence electrons. The number of halogens is 1. The Morgan fingerprint density at radius 2 is 2.33 bits per heavy atom. The van der Waals surface area contributed by atoms with Crippen molar-refractivity contribution in [2.75, 3.05) is 0 Å². The quantitative estimate of drug-likeness (QED) is 0.783. The second kappa shape index (κ2) is 4.35. The molecule has 15 heavy (non-hydrogen) atoms. The van der Waals surface area contributed by atoms with Crippen molar-refractivity contribution in [3.05, 3.63) is 46.5 Å². The Kier molecular flexibility index (Phi) is 2.91. The van der Waals surface area contributed by atoms with Crippen LogP contribution >= 0.6 is 15.9 Å². The fraction of sp³-hybridized carbons (Fsp3) is 0.100. The van der Waals surface area contributed by atoms with Gasteiger partial charge in [-0.25, -0.2) is 0 Å². The topological polar surface area (TPSA) is 60.7 Å². The van der Waals surface area contributed by atoms with Crippen molar-refractivity contribution in [1.29, 1.82) is 0 Å². The van der Waals surface area contributed by atoms with Crippen molar-refractivity contribution in [2.24, 2.45) is 0 Å². The predicted molar refractivity (Wildman–Crippen MR) is 60.5 cm³/mol. The van der Waals surface area contributed by atoms with E-state index in [0.29, 0.717) is 12.2 Å². The minimum Gasteiger partial charge on any atom is -0.367 e. The molecule has 2 aromatic rings. The Morgan fingerprint density at radius 3 is 2.93 bits per heavy atom. The minimum atomic E-state index is -0.109. The molecular weight excluding hydrogens is 258 g/mol. The van der Waals surface area contributed by atoms with Gasteiger partial charge in [-0.05, 0) is 33.6 Å². The van der Waals surface area contributed by atoms with Gasteiger partial charge in [0.2, 0.25) is 0 Å². The number of hydrogen-bond acceptors (Lipinski definition) is 1. The van der Waals surface area contributed by atoms with E-state index in [1.54, 1.807) is 12.3 Å². The summed E-state index contributed by atoms with van der Waals surface area (Å²) in [6.07, 6.45) is 5.41. The second-order valence-electron chi connectivity index (χ2n) is 3.13. The third kappa shape index (κ3) is 2.50. The van der Waals surface area contributed by atoms with Crippen LogP contribution in [0.2, 0.25) is 0 Å². The van der Waals surface area contributed by atoms with E-state index in [0.717, 1.165) is 10.0 Å². The summed E-state index contributed by atoms with van der Waals surface area (Å²) in [5.74, 6) is -0.109. The highest BCUT2D eigenvalue weighted by Crippen LogP contribution is 2.10. The van der Waals surface area contributed by atoms with Crippen LogP contribution in [-0.2, 0) is 6.54 Å². The molecule has 0 saturated heterocycles. The van der Waals surface area contributed by atoms with Gasteiger partial charge in [0.05, 0.1) is 0 Å². The zero-order valence-corrected chi connectivity index (χ0v) is 9.47. The van der Waals surface area contributed by atoms with Gasteiger partial charge < -0.3 is 15.3 Å². The van der Waals surface area contributed by atoms with E-state index in [2.05, 4.69) is 31.2 Å². The molecule has 0 atom stereocenters. The summed E-state index contributed by atoms with van der Waals surface area (Å²) in [6, 6.07) is 3.66. The van der Waals surface area contributed by atoms with Gasteiger partial charge >= 0.3 is 0 Å². The summed E-state index contributed by atoms with van der Waals surface area (Å²) in [7, 11) is 0. The minimum absolute atomic E-state index is 0.109. The Morgan fingerprint density at radius 1 is 1.47 bits per heavy atom. The smallest absolute Gasteiger partial charge is 0.268 e. The lowest BCUT2D eigenvalue weighted by Crippen LogP contribution is -2.22. The highest BCUT2D eigenvalue weighted by Gasteiger charge is 2.06. The summed E-state index contributed by atoms with van der Waals surface area (Å²) < 4.78 is 0.870. The van der Waals surface area contributed by atoms with Gasteiger partial charge in [-0.2, -0.15) is 0 Å². The van der Waals surface area contributed by atoms with Gasteiger partial charge in [-0.1, -0.05) is 0 Å². The molecule has 0 fully saturated rings. The summed E-state index contributed by atoms with van der Waals surface area (Å²) in [5.41, 5.74) is 1.60. The highest BCUT2D eigenvalue weighted by molar-refractivity contribution is 9.10. The molecule has 0 aliphatic carbocycles. The summed E-state index contributed by atoms with van der Waals surface area (Å²) in [5, 5.41) is 2.80. The number of aromatic nitrogens is 2. The first-order valence-electron chi connectivity index (χ1n) is 4.49. The summed E-state index contributed by atoms with van der Waals surface area (Å²) >= 11 is 3.27. The van der Waals surface area contributed by atoms with Crippen LogP contribution in [0.1, 0.15) is 16.1 Å². The van der Waals surface area contributed by atoms with Crippen LogP contribution < -0.4 is 5.32 Å². The molecule has 5 heteroatoms. The lowest BCUT2D eigenvalue weighted by Gasteiger charge is -2.00. The molecule has 0 aliphatic heterocycles. The first kappa shape index (κ1) is 10.0. The molecular formula is C10H10BrN3O. The Hall–Kier alpha value is -1.49. The number of amides is 1. The molecule has 4 nitrogen and oxygen atoms in total. The van der Waals surface area contributed by atoms with Crippen LogP contribution in [0, 0.1) is 0 Å². The van der Waals surface area contributed by atoms with Gasteiger partial charge in [-0.15, -0.1) is 0 Å². The summed E-state index contributed by atoms with van der Waals surface area (Å²) in [6.45, 7) is 0.527. The van der Waals surface area contributed by atoms with Crippen LogP contribution in [0.15, 0.2) is 35.2 Å². The maximum Gasteiger partial charge on any atom is 0.268 e. The zero-order chi connectivity index (χ0) is 10.7. The average Bonchev–Trinajstić information content (AvgIpc) is 2.84. The van der Waals surface area contributed by atoms with Crippen molar-refractivity contribution in [2.45, 2.75) is 6.54 Å². The number of rotatable bonds is 3. The highest BCUT2D eigenvalue weighted by atomic mass is 79.9. The molecule has 0 bridgehead atoms. The Bertz CT molecular complexity index is 447. The fourth-order valence-corrected chi connectivity index (χ4v) is 1.59. The lowest BCUT2D eigenvalue weighted by atomic mass is 10.3. The first-order chi connectivity index (χ1) is 7.25. The van der Waals surface area contributed by atoms with E-state index in [9.17, 15) is 4.79 Å². The van der Waals surface area contributed by atoms with Crippen molar-refractivity contribution in [3.8, 4) is 0 Å². The van der Waals surface area contributed by atoms with Crippen LogP contribution in [-0.4, -0.2) is 15.9 Å². The lowest BCUT2D eigenvalue weighted by molar-refractivity contribution is 0.0946. The number of aromatic amines is 2. The number of hydrogen-bond donors (Lipinski definition) is 3. The maximum absolute atomic E-state index is 11.6. The van der Waals surface area contributed by atoms with Crippen molar-refractivity contribution in [1.82, 2.24) is 15.3 Å². The monoisotopic (exact) mass is 267 g/mol. The Labute approximate surface area is 95.2 Å². The van der Waals surface area contributed by atoms with E-state index < -0.39 is 0 Å². The molecule has 0 saturated carbocycles. The molecule has 0 unspecified atom stereocenters. The Balaban J connectivity index is 1.93. The van der Waals surface area contributed by atoms with Crippen molar-refractivity contribution < 1.29 is 4.79 Å². The first-order valence-corrected chi connectivity index (χ1v) is 5.29. The van der Waals surface area contributed by atoms with E-state index in [1.165, 1.54) is 0 Å². The molecule has 2 rings (SSSR count). The second-order valence-corrected chi connectivity index (χ2v) is 4.05. The van der Waals surface area contributed by atoms with E-state index in [-0.39, 0.29) is 5.91 Å². The third-order valence-corrected chi connectivity index (χ3v) is 2.47. The fourth-order valence-electron chi connectivity index (χ4n) is 1.24. The predicted octanol–water partition coefficient (Wildman–Crippen LogP) is 2.04. The average molecular weight is 268 g/mol. The van der Waals surface area contributed by atoms with E-state index in [4.69, 9.17) is 0 Å². The number of nitrogens with one attached hydrogen (secondary N) is 3. The number of H-pyrrole nitrogens is 2. The van der Waals surface area contributed by atoms with Gasteiger partial charge in [0.1, 0.15) is 5.69 Å². The maximum atomic E-state index is 11.6. The van der Waals surface area contributed by atoms with Crippen LogP contribution in [0.5, 0.6) is 0 Å². The molecule has 2 heterocycles. The van der Waals surface area contributed by atoms with Gasteiger partial charge in [-0.3, -0.25) is 4.79 Å². The molecule has 3 N–H and O–H groups in total. The molecule has 1 amide bonds. The standard InChI is InChI=1S/C10H10BrN3O/c11-8-3-9(13-6-8)10(15)14-5-7-1-2-12-4-7/h1-4,6,12-13H,5H2,(H,14,15). The number of carbonyl (C=O) groups is 1.